The van der Waals surface area contributed by atoms with E-state index in [0.29, 0.717) is 20.6 Å². The molecular weight excluding hydrogens is 303 g/mol. The van der Waals surface area contributed by atoms with Crippen molar-refractivity contribution in [3.63, 3.8) is 0 Å². The van der Waals surface area contributed by atoms with Crippen LogP contribution in [0.15, 0.2) is 41.8 Å². The minimum atomic E-state index is -0.296. The third kappa shape index (κ3) is 3.69. The fraction of sp³-hybridized carbons (Fsp3) is 0.154. The van der Waals surface area contributed by atoms with Crippen molar-refractivity contribution < 1.29 is 4.79 Å². The molecule has 0 bridgehead atoms. The van der Waals surface area contributed by atoms with Gasteiger partial charge in [0, 0.05) is 23.0 Å². The number of hydrogen-bond donors (Lipinski definition) is 0. The Labute approximate surface area is 125 Å². The lowest BCUT2D eigenvalue weighted by Crippen LogP contribution is -2.14. The second-order valence-electron chi connectivity index (χ2n) is 3.79. The van der Waals surface area contributed by atoms with Crippen molar-refractivity contribution in [1.29, 1.82) is 0 Å². The normalized spacial score (nSPS) is 12.2. The second kappa shape index (κ2) is 6.37. The smallest absolute Gasteiger partial charge is 0.177 e. The Hall–Kier alpha value is -1.10. The zero-order valence-electron chi connectivity index (χ0n) is 10.0. The first-order valence-corrected chi connectivity index (χ1v) is 7.13. The number of thioether (sulfide) groups is 1. The number of benzene rings is 1. The molecule has 0 amide bonds. The van der Waals surface area contributed by atoms with Gasteiger partial charge in [0.15, 0.2) is 5.78 Å². The lowest BCUT2D eigenvalue weighted by molar-refractivity contribution is 0.0994. The molecule has 1 aromatic carbocycles. The van der Waals surface area contributed by atoms with E-state index in [-0.39, 0.29) is 11.0 Å². The van der Waals surface area contributed by atoms with Crippen LogP contribution in [0.4, 0.5) is 0 Å². The number of nitrogens with zero attached hydrogens (tertiary/aromatic N) is 2. The molecule has 1 atom stereocenters. The van der Waals surface area contributed by atoms with Crippen LogP contribution in [0.25, 0.3) is 0 Å². The molecule has 0 saturated carbocycles. The van der Waals surface area contributed by atoms with E-state index in [4.69, 9.17) is 23.2 Å². The van der Waals surface area contributed by atoms with Crippen molar-refractivity contribution in [1.82, 2.24) is 9.97 Å². The van der Waals surface area contributed by atoms with Crippen molar-refractivity contribution in [2.75, 3.05) is 0 Å². The third-order valence-electron chi connectivity index (χ3n) is 2.40. The highest BCUT2D eigenvalue weighted by Gasteiger charge is 2.19. The van der Waals surface area contributed by atoms with E-state index in [9.17, 15) is 4.79 Å². The predicted molar refractivity (Wildman–Crippen MR) is 78.1 cm³/mol. The summed E-state index contributed by atoms with van der Waals surface area (Å²) in [5, 5.41) is 1.28. The summed E-state index contributed by atoms with van der Waals surface area (Å²) in [5.41, 5.74) is 0.468. The van der Waals surface area contributed by atoms with Crippen LogP contribution < -0.4 is 0 Å². The minimum Gasteiger partial charge on any atom is -0.293 e. The molecule has 0 spiro atoms. The maximum atomic E-state index is 12.3. The van der Waals surface area contributed by atoms with Gasteiger partial charge >= 0.3 is 0 Å². The van der Waals surface area contributed by atoms with Crippen molar-refractivity contribution in [3.8, 4) is 0 Å². The molecule has 0 N–H and O–H groups in total. The molecule has 6 heteroatoms. The van der Waals surface area contributed by atoms with Crippen molar-refractivity contribution in [3.05, 3.63) is 52.4 Å². The number of carbonyl (C=O) groups excluding carboxylic acids is 1. The van der Waals surface area contributed by atoms with Gasteiger partial charge < -0.3 is 0 Å². The molecule has 2 rings (SSSR count). The summed E-state index contributed by atoms with van der Waals surface area (Å²) < 4.78 is 0. The standard InChI is InChI=1S/C13H10Cl2N2OS/c1-8(19-12-7-16-4-5-17-12)13(18)10-3-2-9(14)6-11(10)15/h2-8H,1H3. The molecule has 0 aliphatic carbocycles. The summed E-state index contributed by atoms with van der Waals surface area (Å²) in [5.74, 6) is -0.0580. The molecule has 0 radical (unpaired) electrons. The lowest BCUT2D eigenvalue weighted by Gasteiger charge is -2.10. The third-order valence-corrected chi connectivity index (χ3v) is 3.97. The van der Waals surface area contributed by atoms with E-state index in [0.717, 1.165) is 0 Å². The molecule has 3 nitrogen and oxygen atoms in total. The first-order chi connectivity index (χ1) is 9.08. The van der Waals surface area contributed by atoms with E-state index < -0.39 is 0 Å². The van der Waals surface area contributed by atoms with Gasteiger partial charge in [-0.2, -0.15) is 0 Å². The fourth-order valence-electron chi connectivity index (χ4n) is 1.49. The van der Waals surface area contributed by atoms with E-state index in [2.05, 4.69) is 9.97 Å². The lowest BCUT2D eigenvalue weighted by atomic mass is 10.1. The van der Waals surface area contributed by atoms with Crippen LogP contribution in [0.2, 0.25) is 10.0 Å². The number of ketones is 1. The van der Waals surface area contributed by atoms with E-state index >= 15 is 0 Å². The Morgan fingerprint density at radius 3 is 2.74 bits per heavy atom. The first kappa shape index (κ1) is 14.3. The summed E-state index contributed by atoms with van der Waals surface area (Å²) in [6.45, 7) is 1.81. The predicted octanol–water partition coefficient (Wildman–Crippen LogP) is 4.15. The number of hydrogen-bond acceptors (Lipinski definition) is 4. The molecule has 2 aromatic rings. The molecule has 0 saturated heterocycles. The highest BCUT2D eigenvalue weighted by Crippen LogP contribution is 2.27. The Morgan fingerprint density at radius 1 is 1.32 bits per heavy atom. The van der Waals surface area contributed by atoms with Gasteiger partial charge in [-0.1, -0.05) is 35.0 Å². The van der Waals surface area contributed by atoms with Gasteiger partial charge in [0.25, 0.3) is 0 Å². The van der Waals surface area contributed by atoms with E-state index in [1.807, 2.05) is 6.92 Å². The average Bonchev–Trinajstić information content (AvgIpc) is 2.39. The molecule has 1 aromatic heterocycles. The number of halogens is 2. The van der Waals surface area contributed by atoms with Crippen LogP contribution in [0.3, 0.4) is 0 Å². The van der Waals surface area contributed by atoms with Gasteiger partial charge in [-0.3, -0.25) is 9.78 Å². The Morgan fingerprint density at radius 2 is 2.11 bits per heavy atom. The van der Waals surface area contributed by atoms with Crippen LogP contribution in [0.5, 0.6) is 0 Å². The topological polar surface area (TPSA) is 42.9 Å². The van der Waals surface area contributed by atoms with E-state index in [1.165, 1.54) is 11.8 Å². The second-order valence-corrected chi connectivity index (χ2v) is 6.00. The maximum Gasteiger partial charge on any atom is 0.177 e. The Bertz CT molecular complexity index is 592. The quantitative estimate of drug-likeness (QED) is 0.628. The summed E-state index contributed by atoms with van der Waals surface area (Å²) in [6.07, 6.45) is 4.80. The molecular formula is C13H10Cl2N2OS. The van der Waals surface area contributed by atoms with Crippen molar-refractivity contribution in [2.24, 2.45) is 0 Å². The number of rotatable bonds is 4. The van der Waals surface area contributed by atoms with Gasteiger partial charge in [-0.15, -0.1) is 0 Å². The fourth-order valence-corrected chi connectivity index (χ4v) is 2.83. The van der Waals surface area contributed by atoms with Gasteiger partial charge in [-0.25, -0.2) is 4.98 Å². The summed E-state index contributed by atoms with van der Waals surface area (Å²) in [6, 6.07) is 4.86. The average molecular weight is 313 g/mol. The van der Waals surface area contributed by atoms with Gasteiger partial charge in [0.1, 0.15) is 5.03 Å². The maximum absolute atomic E-state index is 12.3. The van der Waals surface area contributed by atoms with E-state index in [1.54, 1.807) is 36.8 Å². The van der Waals surface area contributed by atoms with Crippen molar-refractivity contribution >= 4 is 40.7 Å². The zero-order chi connectivity index (χ0) is 13.8. The van der Waals surface area contributed by atoms with Gasteiger partial charge in [0.05, 0.1) is 16.5 Å². The van der Waals surface area contributed by atoms with Gasteiger partial charge in [0.2, 0.25) is 0 Å². The highest BCUT2D eigenvalue weighted by molar-refractivity contribution is 8.00. The van der Waals surface area contributed by atoms with Crippen LogP contribution in [0, 0.1) is 0 Å². The molecule has 98 valence electrons. The molecule has 19 heavy (non-hydrogen) atoms. The van der Waals surface area contributed by atoms with Crippen LogP contribution in [-0.2, 0) is 0 Å². The summed E-state index contributed by atoms with van der Waals surface area (Å²) in [7, 11) is 0. The molecule has 1 unspecified atom stereocenters. The first-order valence-electron chi connectivity index (χ1n) is 5.50. The number of carbonyl (C=O) groups is 1. The minimum absolute atomic E-state index is 0.0580. The van der Waals surface area contributed by atoms with Crippen LogP contribution in [-0.4, -0.2) is 21.0 Å². The summed E-state index contributed by atoms with van der Waals surface area (Å²) >= 11 is 13.2. The molecule has 0 aliphatic heterocycles. The van der Waals surface area contributed by atoms with Crippen LogP contribution in [0.1, 0.15) is 17.3 Å². The Kier molecular flexibility index (Phi) is 4.80. The zero-order valence-corrected chi connectivity index (χ0v) is 12.3. The highest BCUT2D eigenvalue weighted by atomic mass is 35.5. The van der Waals surface area contributed by atoms with Crippen LogP contribution >= 0.6 is 35.0 Å². The molecule has 1 heterocycles. The largest absolute Gasteiger partial charge is 0.293 e. The molecule has 0 aliphatic rings. The molecule has 0 fully saturated rings. The Balaban J connectivity index is 2.15. The summed E-state index contributed by atoms with van der Waals surface area (Å²) in [4.78, 5) is 20.4. The SMILES string of the molecule is CC(Sc1cnccn1)C(=O)c1ccc(Cl)cc1Cl. The number of Topliss-reactive ketones (excluding diaryl/α,β-unsaturated/α-hetero) is 1. The monoisotopic (exact) mass is 312 g/mol. The van der Waals surface area contributed by atoms with Gasteiger partial charge in [-0.05, 0) is 25.1 Å². The number of aromatic nitrogens is 2. The van der Waals surface area contributed by atoms with Crippen molar-refractivity contribution in [2.45, 2.75) is 17.2 Å².